The molecule has 1 atom stereocenters. The number of primary sulfonamides is 1. The number of amides is 2. The molecule has 4 bridgehead atoms. The number of carbonyl (C=O) groups is 3. The van der Waals surface area contributed by atoms with Crippen molar-refractivity contribution in [1.82, 2.24) is 5.32 Å². The molecular formula is C22H29N3O6S. The highest BCUT2D eigenvalue weighted by Crippen LogP contribution is 2.60. The summed E-state index contributed by atoms with van der Waals surface area (Å²) in [4.78, 5) is 37.3. The van der Waals surface area contributed by atoms with Gasteiger partial charge in [-0.2, -0.15) is 0 Å². The third-order valence-electron chi connectivity index (χ3n) is 7.04. The first kappa shape index (κ1) is 22.7. The van der Waals surface area contributed by atoms with Gasteiger partial charge in [-0.05, 0) is 87.5 Å². The number of benzene rings is 1. The molecule has 4 N–H and O–H groups in total. The highest BCUT2D eigenvalue weighted by atomic mass is 32.2. The van der Waals surface area contributed by atoms with E-state index in [1.54, 1.807) is 0 Å². The summed E-state index contributed by atoms with van der Waals surface area (Å²) in [5.74, 6) is 0.551. The molecule has 4 aliphatic rings. The molecule has 1 aromatic rings. The van der Waals surface area contributed by atoms with Crippen LogP contribution in [0.4, 0.5) is 5.69 Å². The Balaban J connectivity index is 1.25. The van der Waals surface area contributed by atoms with E-state index in [0.717, 1.165) is 19.3 Å². The summed E-state index contributed by atoms with van der Waals surface area (Å²) >= 11 is 0. The lowest BCUT2D eigenvalue weighted by Gasteiger charge is -2.55. The SMILES string of the molecule is C[C@@H](OC(=O)CNC(=O)C12CC3CC(CC(C3)C1)C2)C(=O)Nc1ccc(S(N)(=O)=O)cc1. The first-order valence-electron chi connectivity index (χ1n) is 11.0. The number of carbonyl (C=O) groups excluding carboxylic acids is 3. The summed E-state index contributed by atoms with van der Waals surface area (Å²) in [5, 5.41) is 10.3. The minimum Gasteiger partial charge on any atom is -0.451 e. The standard InChI is InChI=1S/C22H29N3O6S/c1-13(20(27)25-17-2-4-18(5-3-17)32(23,29)30)31-19(26)12-24-21(28)22-9-14-6-15(10-22)8-16(7-14)11-22/h2-5,13-16H,6-12H2,1H3,(H,24,28)(H,25,27)(H2,23,29,30)/t13-,14?,15?,16?,22?/m1/s1. The van der Waals surface area contributed by atoms with Crippen LogP contribution in [0.3, 0.4) is 0 Å². The van der Waals surface area contributed by atoms with Crippen molar-refractivity contribution in [3.63, 3.8) is 0 Å². The third kappa shape index (κ3) is 4.80. The Kier molecular flexibility index (Phi) is 6.02. The molecule has 0 spiro atoms. The Morgan fingerprint density at radius 1 is 1.06 bits per heavy atom. The number of hydrogen-bond donors (Lipinski definition) is 3. The Hall–Kier alpha value is -2.46. The summed E-state index contributed by atoms with van der Waals surface area (Å²) in [7, 11) is -3.83. The van der Waals surface area contributed by atoms with E-state index in [9.17, 15) is 22.8 Å². The molecular weight excluding hydrogens is 434 g/mol. The molecule has 9 nitrogen and oxygen atoms in total. The van der Waals surface area contributed by atoms with Gasteiger partial charge < -0.3 is 15.4 Å². The first-order chi connectivity index (χ1) is 15.0. The average Bonchev–Trinajstić information content (AvgIpc) is 2.70. The van der Waals surface area contributed by atoms with Gasteiger partial charge in [0.1, 0.15) is 6.54 Å². The van der Waals surface area contributed by atoms with Gasteiger partial charge in [0.2, 0.25) is 15.9 Å². The van der Waals surface area contributed by atoms with Crippen molar-refractivity contribution in [1.29, 1.82) is 0 Å². The van der Waals surface area contributed by atoms with E-state index >= 15 is 0 Å². The quantitative estimate of drug-likeness (QED) is 0.523. The molecule has 4 fully saturated rings. The van der Waals surface area contributed by atoms with E-state index < -0.39 is 28.0 Å². The zero-order valence-corrected chi connectivity index (χ0v) is 18.8. The van der Waals surface area contributed by atoms with Gasteiger partial charge >= 0.3 is 5.97 Å². The van der Waals surface area contributed by atoms with Crippen LogP contribution in [-0.2, 0) is 29.1 Å². The largest absolute Gasteiger partial charge is 0.451 e. The molecule has 5 rings (SSSR count). The molecule has 10 heteroatoms. The minimum absolute atomic E-state index is 0.0689. The van der Waals surface area contributed by atoms with E-state index in [1.165, 1.54) is 50.5 Å². The van der Waals surface area contributed by atoms with Crippen LogP contribution in [0.5, 0.6) is 0 Å². The van der Waals surface area contributed by atoms with Crippen LogP contribution >= 0.6 is 0 Å². The number of esters is 1. The molecule has 4 aliphatic carbocycles. The number of nitrogens with two attached hydrogens (primary N) is 1. The van der Waals surface area contributed by atoms with Gasteiger partial charge in [-0.25, -0.2) is 13.6 Å². The van der Waals surface area contributed by atoms with Gasteiger partial charge in [0.05, 0.1) is 4.90 Å². The Labute approximate surface area is 187 Å². The first-order valence-corrected chi connectivity index (χ1v) is 12.5. The predicted octanol–water partition coefficient (Wildman–Crippen LogP) is 1.54. The highest BCUT2D eigenvalue weighted by molar-refractivity contribution is 7.89. The summed E-state index contributed by atoms with van der Waals surface area (Å²) in [5.41, 5.74) is -0.0123. The fourth-order valence-electron chi connectivity index (χ4n) is 5.99. The van der Waals surface area contributed by atoms with Crippen molar-refractivity contribution < 1.29 is 27.5 Å². The summed E-state index contributed by atoms with van der Waals surface area (Å²) in [6.07, 6.45) is 5.32. The summed E-state index contributed by atoms with van der Waals surface area (Å²) in [6.45, 7) is 1.15. The minimum atomic E-state index is -3.83. The Bertz CT molecular complexity index is 985. The number of rotatable bonds is 7. The number of ether oxygens (including phenoxy) is 1. The lowest BCUT2D eigenvalue weighted by atomic mass is 9.49. The maximum atomic E-state index is 12.9. The van der Waals surface area contributed by atoms with Gasteiger partial charge in [-0.15, -0.1) is 0 Å². The van der Waals surface area contributed by atoms with Gasteiger partial charge in [-0.1, -0.05) is 0 Å². The van der Waals surface area contributed by atoms with Crippen molar-refractivity contribution in [3.05, 3.63) is 24.3 Å². The van der Waals surface area contributed by atoms with Crippen molar-refractivity contribution >= 4 is 33.5 Å². The maximum absolute atomic E-state index is 12.9. The van der Waals surface area contributed by atoms with Gasteiger partial charge in [0.25, 0.3) is 5.91 Å². The van der Waals surface area contributed by atoms with E-state index in [0.29, 0.717) is 23.4 Å². The van der Waals surface area contributed by atoms with Crippen LogP contribution in [-0.4, -0.2) is 38.9 Å². The third-order valence-corrected chi connectivity index (χ3v) is 7.97. The normalized spacial score (nSPS) is 29.2. The Morgan fingerprint density at radius 3 is 2.09 bits per heavy atom. The fraction of sp³-hybridized carbons (Fsp3) is 0.591. The average molecular weight is 464 g/mol. The van der Waals surface area contributed by atoms with Crippen LogP contribution < -0.4 is 15.8 Å². The predicted molar refractivity (Wildman–Crippen MR) is 116 cm³/mol. The number of hydrogen-bond acceptors (Lipinski definition) is 6. The van der Waals surface area contributed by atoms with Crippen molar-refractivity contribution in [2.75, 3.05) is 11.9 Å². The second kappa shape index (κ2) is 8.47. The molecule has 0 aromatic heterocycles. The maximum Gasteiger partial charge on any atom is 0.326 e. The van der Waals surface area contributed by atoms with E-state index in [1.807, 2.05) is 0 Å². The van der Waals surface area contributed by atoms with E-state index in [4.69, 9.17) is 9.88 Å². The highest BCUT2D eigenvalue weighted by Gasteiger charge is 2.54. The molecule has 0 aliphatic heterocycles. The van der Waals surface area contributed by atoms with Crippen molar-refractivity contribution in [2.24, 2.45) is 28.3 Å². The molecule has 0 unspecified atom stereocenters. The van der Waals surface area contributed by atoms with Crippen LogP contribution in [0.1, 0.15) is 45.4 Å². The second-order valence-electron chi connectivity index (χ2n) is 9.57. The molecule has 0 heterocycles. The molecule has 0 radical (unpaired) electrons. The van der Waals surface area contributed by atoms with Crippen LogP contribution in [0.2, 0.25) is 0 Å². The van der Waals surface area contributed by atoms with Gasteiger partial charge in [-0.3, -0.25) is 14.4 Å². The van der Waals surface area contributed by atoms with E-state index in [2.05, 4.69) is 10.6 Å². The molecule has 4 saturated carbocycles. The monoisotopic (exact) mass is 463 g/mol. The molecule has 174 valence electrons. The van der Waals surface area contributed by atoms with E-state index in [-0.39, 0.29) is 22.8 Å². The van der Waals surface area contributed by atoms with Gasteiger partial charge in [0.15, 0.2) is 6.10 Å². The zero-order chi connectivity index (χ0) is 23.1. The van der Waals surface area contributed by atoms with Crippen LogP contribution in [0.25, 0.3) is 0 Å². The van der Waals surface area contributed by atoms with Crippen LogP contribution in [0.15, 0.2) is 29.2 Å². The number of nitrogens with one attached hydrogen (secondary N) is 2. The van der Waals surface area contributed by atoms with Crippen LogP contribution in [0, 0.1) is 23.2 Å². The molecule has 2 amide bonds. The smallest absolute Gasteiger partial charge is 0.326 e. The lowest BCUT2D eigenvalue weighted by Crippen LogP contribution is -2.54. The number of anilines is 1. The van der Waals surface area contributed by atoms with Gasteiger partial charge in [0, 0.05) is 11.1 Å². The van der Waals surface area contributed by atoms with Crippen molar-refractivity contribution in [3.8, 4) is 0 Å². The number of sulfonamides is 1. The molecule has 0 saturated heterocycles. The van der Waals surface area contributed by atoms with Crippen molar-refractivity contribution in [2.45, 2.75) is 56.4 Å². The lowest BCUT2D eigenvalue weighted by molar-refractivity contribution is -0.155. The molecule has 1 aromatic carbocycles. The molecule has 32 heavy (non-hydrogen) atoms. The fourth-order valence-corrected chi connectivity index (χ4v) is 6.51. The zero-order valence-electron chi connectivity index (χ0n) is 18.0. The Morgan fingerprint density at radius 2 is 1.59 bits per heavy atom. The second-order valence-corrected chi connectivity index (χ2v) is 11.1. The summed E-state index contributed by atoms with van der Waals surface area (Å²) < 4.78 is 27.7. The topological polar surface area (TPSA) is 145 Å². The summed E-state index contributed by atoms with van der Waals surface area (Å²) in [6, 6.07) is 5.30.